The lowest BCUT2D eigenvalue weighted by atomic mass is 10.0. The van der Waals surface area contributed by atoms with Crippen LogP contribution >= 0.6 is 0 Å². The molecule has 0 saturated carbocycles. The average molecular weight is 160 g/mol. The van der Waals surface area contributed by atoms with Gasteiger partial charge in [0.05, 0.1) is 12.2 Å². The maximum atomic E-state index is 9.36. The predicted molar refractivity (Wildman–Crippen MR) is 46.4 cm³/mol. The highest BCUT2D eigenvalue weighted by Gasteiger charge is 2.08. The van der Waals surface area contributed by atoms with E-state index in [1.807, 2.05) is 13.8 Å². The van der Waals surface area contributed by atoms with Gasteiger partial charge in [-0.05, 0) is 32.1 Å². The molecule has 0 amide bonds. The molecule has 2 nitrogen and oxygen atoms in total. The molecule has 2 heteroatoms. The summed E-state index contributed by atoms with van der Waals surface area (Å²) in [6.45, 7) is 5.79. The normalized spacial score (nSPS) is 16.9. The van der Waals surface area contributed by atoms with Crippen LogP contribution in [0.3, 0.4) is 0 Å². The summed E-state index contributed by atoms with van der Waals surface area (Å²) in [6, 6.07) is 0. The molecule has 0 bridgehead atoms. The van der Waals surface area contributed by atoms with Gasteiger partial charge in [0.1, 0.15) is 0 Å². The number of rotatable bonds is 5. The maximum absolute atomic E-state index is 9.36. The Morgan fingerprint density at radius 2 is 1.55 bits per heavy atom. The summed E-state index contributed by atoms with van der Waals surface area (Å²) in [6.07, 6.45) is 2.09. The molecule has 11 heavy (non-hydrogen) atoms. The molecular formula is C9H20O2. The van der Waals surface area contributed by atoms with Crippen LogP contribution < -0.4 is 0 Å². The van der Waals surface area contributed by atoms with Crippen molar-refractivity contribution in [2.24, 2.45) is 5.92 Å². The summed E-state index contributed by atoms with van der Waals surface area (Å²) in [7, 11) is 0. The van der Waals surface area contributed by atoms with E-state index in [0.29, 0.717) is 5.92 Å². The first-order valence-corrected chi connectivity index (χ1v) is 4.40. The van der Waals surface area contributed by atoms with Gasteiger partial charge in [-0.3, -0.25) is 0 Å². The largest absolute Gasteiger partial charge is 0.393 e. The lowest BCUT2D eigenvalue weighted by molar-refractivity contribution is 0.105. The molecule has 2 unspecified atom stereocenters. The second-order valence-electron chi connectivity index (χ2n) is 3.59. The van der Waals surface area contributed by atoms with Crippen LogP contribution in [0.1, 0.15) is 40.0 Å². The Morgan fingerprint density at radius 3 is 1.91 bits per heavy atom. The highest BCUT2D eigenvalue weighted by atomic mass is 16.3. The first-order chi connectivity index (χ1) is 5.04. The molecule has 0 fully saturated rings. The smallest absolute Gasteiger partial charge is 0.0563 e. The van der Waals surface area contributed by atoms with Gasteiger partial charge in [0, 0.05) is 0 Å². The monoisotopic (exact) mass is 160 g/mol. The third-order valence-electron chi connectivity index (χ3n) is 1.89. The van der Waals surface area contributed by atoms with Gasteiger partial charge in [0.15, 0.2) is 0 Å². The molecule has 0 spiro atoms. The summed E-state index contributed by atoms with van der Waals surface area (Å²) < 4.78 is 0. The summed E-state index contributed by atoms with van der Waals surface area (Å²) in [5.41, 5.74) is 0. The van der Waals surface area contributed by atoms with Crippen molar-refractivity contribution in [3.05, 3.63) is 0 Å². The van der Waals surface area contributed by atoms with Crippen molar-refractivity contribution >= 4 is 0 Å². The third kappa shape index (κ3) is 6.32. The van der Waals surface area contributed by atoms with E-state index in [1.165, 1.54) is 0 Å². The van der Waals surface area contributed by atoms with Crippen LogP contribution in [0, 0.1) is 5.92 Å². The molecule has 0 aliphatic carbocycles. The fourth-order valence-corrected chi connectivity index (χ4v) is 0.956. The summed E-state index contributed by atoms with van der Waals surface area (Å²) in [4.78, 5) is 0. The van der Waals surface area contributed by atoms with Crippen LogP contribution in [-0.4, -0.2) is 22.4 Å². The van der Waals surface area contributed by atoms with Crippen LogP contribution in [0.2, 0.25) is 0 Å². The second kappa shape index (κ2) is 5.56. The molecule has 0 aliphatic rings. The van der Waals surface area contributed by atoms with Crippen molar-refractivity contribution in [1.29, 1.82) is 0 Å². The van der Waals surface area contributed by atoms with Gasteiger partial charge in [0.2, 0.25) is 0 Å². The van der Waals surface area contributed by atoms with Crippen LogP contribution in [-0.2, 0) is 0 Å². The molecule has 68 valence electrons. The van der Waals surface area contributed by atoms with Gasteiger partial charge >= 0.3 is 0 Å². The SMILES string of the molecule is CC(O)CCCC(O)C(C)C. The van der Waals surface area contributed by atoms with E-state index in [4.69, 9.17) is 5.11 Å². The van der Waals surface area contributed by atoms with Gasteiger partial charge in [-0.15, -0.1) is 0 Å². The zero-order valence-electron chi connectivity index (χ0n) is 7.75. The van der Waals surface area contributed by atoms with E-state index >= 15 is 0 Å². The van der Waals surface area contributed by atoms with Gasteiger partial charge in [0.25, 0.3) is 0 Å². The van der Waals surface area contributed by atoms with Crippen molar-refractivity contribution in [2.75, 3.05) is 0 Å². The van der Waals surface area contributed by atoms with E-state index < -0.39 is 0 Å². The molecule has 0 aliphatic heterocycles. The predicted octanol–water partition coefficient (Wildman–Crippen LogP) is 1.55. The van der Waals surface area contributed by atoms with Crippen LogP contribution in [0.4, 0.5) is 0 Å². The molecule has 0 aromatic rings. The molecular weight excluding hydrogens is 140 g/mol. The number of hydrogen-bond donors (Lipinski definition) is 2. The van der Waals surface area contributed by atoms with Gasteiger partial charge in [-0.25, -0.2) is 0 Å². The maximum Gasteiger partial charge on any atom is 0.0563 e. The summed E-state index contributed by atoms with van der Waals surface area (Å²) >= 11 is 0. The van der Waals surface area contributed by atoms with Crippen LogP contribution in [0.25, 0.3) is 0 Å². The molecule has 0 aromatic carbocycles. The molecule has 0 saturated heterocycles. The summed E-state index contributed by atoms with van der Waals surface area (Å²) in [5, 5.41) is 18.3. The quantitative estimate of drug-likeness (QED) is 0.640. The minimum absolute atomic E-state index is 0.200. The van der Waals surface area contributed by atoms with Crippen molar-refractivity contribution in [3.63, 3.8) is 0 Å². The lowest BCUT2D eigenvalue weighted by Gasteiger charge is -2.14. The van der Waals surface area contributed by atoms with E-state index in [0.717, 1.165) is 19.3 Å². The minimum Gasteiger partial charge on any atom is -0.393 e. The zero-order valence-corrected chi connectivity index (χ0v) is 7.75. The Morgan fingerprint density at radius 1 is 1.00 bits per heavy atom. The molecule has 0 heterocycles. The van der Waals surface area contributed by atoms with Crippen molar-refractivity contribution in [2.45, 2.75) is 52.2 Å². The first kappa shape index (κ1) is 10.9. The van der Waals surface area contributed by atoms with Crippen LogP contribution in [0.15, 0.2) is 0 Å². The zero-order chi connectivity index (χ0) is 8.85. The van der Waals surface area contributed by atoms with E-state index in [9.17, 15) is 5.11 Å². The first-order valence-electron chi connectivity index (χ1n) is 4.40. The number of aliphatic hydroxyl groups excluding tert-OH is 2. The van der Waals surface area contributed by atoms with Crippen molar-refractivity contribution in [3.8, 4) is 0 Å². The van der Waals surface area contributed by atoms with Gasteiger partial charge in [-0.1, -0.05) is 13.8 Å². The third-order valence-corrected chi connectivity index (χ3v) is 1.89. The molecule has 0 rings (SSSR count). The highest BCUT2D eigenvalue weighted by Crippen LogP contribution is 2.10. The Bertz CT molecular complexity index is 89.6. The number of aliphatic hydroxyl groups is 2. The van der Waals surface area contributed by atoms with E-state index in [2.05, 4.69) is 0 Å². The van der Waals surface area contributed by atoms with Gasteiger partial charge in [-0.2, -0.15) is 0 Å². The minimum atomic E-state index is -0.227. The summed E-state index contributed by atoms with van der Waals surface area (Å²) in [5.74, 6) is 0.337. The molecule has 0 radical (unpaired) electrons. The Labute approximate surface area is 69.2 Å². The number of hydrogen-bond acceptors (Lipinski definition) is 2. The Hall–Kier alpha value is -0.0800. The van der Waals surface area contributed by atoms with Gasteiger partial charge < -0.3 is 10.2 Å². The van der Waals surface area contributed by atoms with E-state index in [-0.39, 0.29) is 12.2 Å². The topological polar surface area (TPSA) is 40.5 Å². The molecule has 2 atom stereocenters. The van der Waals surface area contributed by atoms with E-state index in [1.54, 1.807) is 6.92 Å². The fourth-order valence-electron chi connectivity index (χ4n) is 0.956. The fraction of sp³-hybridized carbons (Fsp3) is 1.00. The molecule has 2 N–H and O–H groups in total. The second-order valence-corrected chi connectivity index (χ2v) is 3.59. The Kier molecular flexibility index (Phi) is 5.51. The lowest BCUT2D eigenvalue weighted by Crippen LogP contribution is -2.15. The van der Waals surface area contributed by atoms with Crippen molar-refractivity contribution in [1.82, 2.24) is 0 Å². The standard InChI is InChI=1S/C9H20O2/c1-7(2)9(11)6-4-5-8(3)10/h7-11H,4-6H2,1-3H3. The average Bonchev–Trinajstić information content (AvgIpc) is 1.86. The Balaban J connectivity index is 3.24. The van der Waals surface area contributed by atoms with Crippen molar-refractivity contribution < 1.29 is 10.2 Å². The molecule has 0 aromatic heterocycles. The van der Waals surface area contributed by atoms with Crippen LogP contribution in [0.5, 0.6) is 0 Å². The highest BCUT2D eigenvalue weighted by molar-refractivity contribution is 4.60.